The maximum absolute atomic E-state index is 12.3. The zero-order valence-corrected chi connectivity index (χ0v) is 14.4. The van der Waals surface area contributed by atoms with Crippen LogP contribution in [0.1, 0.15) is 32.8 Å². The molecule has 6 nitrogen and oxygen atoms in total. The van der Waals surface area contributed by atoms with E-state index >= 15 is 0 Å². The average molecular weight is 338 g/mol. The molecule has 0 spiro atoms. The summed E-state index contributed by atoms with van der Waals surface area (Å²) in [6, 6.07) is 5.43. The zero-order valence-electron chi connectivity index (χ0n) is 13.6. The lowest BCUT2D eigenvalue weighted by Crippen LogP contribution is -2.35. The van der Waals surface area contributed by atoms with Gasteiger partial charge in [-0.15, -0.1) is 0 Å². The van der Waals surface area contributed by atoms with Crippen LogP contribution >= 0.6 is 0 Å². The highest BCUT2D eigenvalue weighted by molar-refractivity contribution is 7.91. The molecule has 1 aliphatic rings. The molecule has 126 valence electrons. The Labute approximate surface area is 136 Å². The number of carbonyl (C=O) groups is 2. The van der Waals surface area contributed by atoms with E-state index in [2.05, 4.69) is 5.32 Å². The maximum atomic E-state index is 12.3. The summed E-state index contributed by atoms with van der Waals surface area (Å²) in [4.78, 5) is 25.8. The number of benzene rings is 1. The largest absolute Gasteiger partial charge is 0.326 e. The van der Waals surface area contributed by atoms with Crippen LogP contribution in [0.2, 0.25) is 0 Å². The van der Waals surface area contributed by atoms with Gasteiger partial charge in [0.15, 0.2) is 9.84 Å². The fourth-order valence-electron chi connectivity index (χ4n) is 2.46. The predicted octanol–water partition coefficient (Wildman–Crippen LogP) is 1.95. The monoisotopic (exact) mass is 338 g/mol. The number of carbonyl (C=O) groups excluding carboxylic acids is 2. The van der Waals surface area contributed by atoms with Crippen LogP contribution in [0.5, 0.6) is 0 Å². The van der Waals surface area contributed by atoms with Gasteiger partial charge in [0.2, 0.25) is 0 Å². The molecule has 0 saturated carbocycles. The number of nitrogens with one attached hydrogen (secondary N) is 1. The SMILES string of the molecule is CC[C@H](C)[C@@H]1NC(=O)N(Cc2ccc(S(=O)(=O)CC)cc2)C1=O. The Balaban J connectivity index is 2.13. The lowest BCUT2D eigenvalue weighted by atomic mass is 9.99. The van der Waals surface area contributed by atoms with Gasteiger partial charge in [-0.05, 0) is 23.6 Å². The highest BCUT2D eigenvalue weighted by atomic mass is 32.2. The summed E-state index contributed by atoms with van der Waals surface area (Å²) in [6.07, 6.45) is 0.800. The second-order valence-electron chi connectivity index (χ2n) is 5.78. The Morgan fingerprint density at radius 1 is 1.17 bits per heavy atom. The van der Waals surface area contributed by atoms with Crippen LogP contribution in [0.3, 0.4) is 0 Å². The molecule has 0 unspecified atom stereocenters. The first kappa shape index (κ1) is 17.5. The summed E-state index contributed by atoms with van der Waals surface area (Å²) in [5.41, 5.74) is 0.716. The van der Waals surface area contributed by atoms with Crippen molar-refractivity contribution in [3.63, 3.8) is 0 Å². The Morgan fingerprint density at radius 2 is 1.78 bits per heavy atom. The van der Waals surface area contributed by atoms with E-state index in [-0.39, 0.29) is 29.0 Å². The van der Waals surface area contributed by atoms with Gasteiger partial charge in [-0.1, -0.05) is 39.3 Å². The van der Waals surface area contributed by atoms with Crippen molar-refractivity contribution in [1.82, 2.24) is 10.2 Å². The lowest BCUT2D eigenvalue weighted by Gasteiger charge is -2.16. The summed E-state index contributed by atoms with van der Waals surface area (Å²) >= 11 is 0. The zero-order chi connectivity index (χ0) is 17.2. The summed E-state index contributed by atoms with van der Waals surface area (Å²) < 4.78 is 23.6. The summed E-state index contributed by atoms with van der Waals surface area (Å²) in [5, 5.41) is 2.71. The van der Waals surface area contributed by atoms with Gasteiger partial charge in [-0.2, -0.15) is 0 Å². The van der Waals surface area contributed by atoms with Crippen molar-refractivity contribution in [1.29, 1.82) is 0 Å². The molecule has 0 aliphatic carbocycles. The third-order valence-corrected chi connectivity index (χ3v) is 6.02. The van der Waals surface area contributed by atoms with Gasteiger partial charge in [0.05, 0.1) is 17.2 Å². The highest BCUT2D eigenvalue weighted by Gasteiger charge is 2.40. The van der Waals surface area contributed by atoms with Gasteiger partial charge in [-0.3, -0.25) is 9.69 Å². The fourth-order valence-corrected chi connectivity index (χ4v) is 3.35. The van der Waals surface area contributed by atoms with Crippen molar-refractivity contribution >= 4 is 21.8 Å². The molecule has 0 bridgehead atoms. The normalized spacial score (nSPS) is 19.8. The molecule has 2 rings (SSSR count). The van der Waals surface area contributed by atoms with Gasteiger partial charge >= 0.3 is 6.03 Å². The molecule has 1 heterocycles. The second-order valence-corrected chi connectivity index (χ2v) is 8.06. The predicted molar refractivity (Wildman–Crippen MR) is 86.5 cm³/mol. The summed E-state index contributed by atoms with van der Waals surface area (Å²) in [7, 11) is -3.25. The number of rotatable bonds is 6. The number of hydrogen-bond acceptors (Lipinski definition) is 4. The molecule has 23 heavy (non-hydrogen) atoms. The minimum absolute atomic E-state index is 0.0376. The fraction of sp³-hybridized carbons (Fsp3) is 0.500. The van der Waals surface area contributed by atoms with Crippen LogP contribution in [0, 0.1) is 5.92 Å². The third kappa shape index (κ3) is 3.55. The van der Waals surface area contributed by atoms with Crippen molar-refractivity contribution in [2.45, 2.75) is 44.7 Å². The first-order valence-electron chi connectivity index (χ1n) is 7.73. The van der Waals surface area contributed by atoms with Crippen LogP contribution in [-0.4, -0.2) is 37.1 Å². The van der Waals surface area contributed by atoms with Gasteiger partial charge in [0, 0.05) is 0 Å². The van der Waals surface area contributed by atoms with Gasteiger partial charge in [-0.25, -0.2) is 13.2 Å². The molecule has 2 atom stereocenters. The van der Waals surface area contributed by atoms with E-state index in [1.54, 1.807) is 19.1 Å². The maximum Gasteiger partial charge on any atom is 0.325 e. The smallest absolute Gasteiger partial charge is 0.325 e. The molecule has 3 amide bonds. The number of urea groups is 1. The first-order chi connectivity index (χ1) is 10.8. The van der Waals surface area contributed by atoms with Crippen LogP contribution in [-0.2, 0) is 21.2 Å². The van der Waals surface area contributed by atoms with Crippen molar-refractivity contribution in [2.75, 3.05) is 5.75 Å². The molecular formula is C16H22N2O4S. The Bertz CT molecular complexity index is 697. The van der Waals surface area contributed by atoms with E-state index < -0.39 is 21.9 Å². The van der Waals surface area contributed by atoms with E-state index in [0.717, 1.165) is 6.42 Å². The minimum atomic E-state index is -3.25. The molecular weight excluding hydrogens is 316 g/mol. The number of amides is 3. The highest BCUT2D eigenvalue weighted by Crippen LogP contribution is 2.20. The van der Waals surface area contributed by atoms with E-state index in [9.17, 15) is 18.0 Å². The number of imide groups is 1. The summed E-state index contributed by atoms with van der Waals surface area (Å²) in [6.45, 7) is 5.63. The molecule has 1 aromatic carbocycles. The Kier molecular flexibility index (Phi) is 5.09. The summed E-state index contributed by atoms with van der Waals surface area (Å²) in [5.74, 6) is -0.112. The van der Waals surface area contributed by atoms with Crippen LogP contribution < -0.4 is 5.32 Å². The minimum Gasteiger partial charge on any atom is -0.326 e. The third-order valence-electron chi connectivity index (χ3n) is 4.27. The lowest BCUT2D eigenvalue weighted by molar-refractivity contribution is -0.128. The van der Waals surface area contributed by atoms with Crippen molar-refractivity contribution in [3.05, 3.63) is 29.8 Å². The van der Waals surface area contributed by atoms with E-state index in [1.165, 1.54) is 17.0 Å². The van der Waals surface area contributed by atoms with Crippen molar-refractivity contribution < 1.29 is 18.0 Å². The molecule has 1 N–H and O–H groups in total. The van der Waals surface area contributed by atoms with E-state index in [4.69, 9.17) is 0 Å². The van der Waals surface area contributed by atoms with Gasteiger partial charge in [0.25, 0.3) is 5.91 Å². The average Bonchev–Trinajstić information content (AvgIpc) is 2.83. The molecule has 1 aliphatic heterocycles. The first-order valence-corrected chi connectivity index (χ1v) is 9.39. The molecule has 7 heteroatoms. The van der Waals surface area contributed by atoms with Gasteiger partial charge < -0.3 is 5.32 Å². The Hall–Kier alpha value is -1.89. The van der Waals surface area contributed by atoms with Gasteiger partial charge in [0.1, 0.15) is 6.04 Å². The molecule has 0 aromatic heterocycles. The molecule has 0 radical (unpaired) electrons. The van der Waals surface area contributed by atoms with Crippen molar-refractivity contribution in [3.8, 4) is 0 Å². The number of sulfone groups is 1. The molecule has 1 fully saturated rings. The number of hydrogen-bond donors (Lipinski definition) is 1. The number of nitrogens with zero attached hydrogens (tertiary/aromatic N) is 1. The van der Waals surface area contributed by atoms with Crippen LogP contribution in [0.15, 0.2) is 29.2 Å². The quantitative estimate of drug-likeness (QED) is 0.804. The van der Waals surface area contributed by atoms with Crippen molar-refractivity contribution in [2.24, 2.45) is 5.92 Å². The molecule has 1 saturated heterocycles. The van der Waals surface area contributed by atoms with Crippen LogP contribution in [0.25, 0.3) is 0 Å². The standard InChI is InChI=1S/C16H22N2O4S/c1-4-11(3)14-15(19)18(16(20)17-14)10-12-6-8-13(9-7-12)23(21,22)5-2/h6-9,11,14H,4-5,10H2,1-3H3,(H,17,20)/t11-,14-/m0/s1. The van der Waals surface area contributed by atoms with E-state index in [1.807, 2.05) is 13.8 Å². The molecule has 1 aromatic rings. The second kappa shape index (κ2) is 6.70. The Morgan fingerprint density at radius 3 is 2.30 bits per heavy atom. The van der Waals surface area contributed by atoms with Crippen LogP contribution in [0.4, 0.5) is 4.79 Å². The topological polar surface area (TPSA) is 83.6 Å². The van der Waals surface area contributed by atoms with E-state index in [0.29, 0.717) is 5.56 Å².